The number of anilines is 3. The lowest BCUT2D eigenvalue weighted by Gasteiger charge is -2.26. The van der Waals surface area contributed by atoms with E-state index in [1.165, 1.54) is 12.1 Å². The Morgan fingerprint density at radius 1 is 0.429 bits per heavy atom. The van der Waals surface area contributed by atoms with Gasteiger partial charge in [-0.05, 0) is 70.5 Å². The zero-order chi connectivity index (χ0) is 49.7. The average molecular weight is 648 g/mol. The normalized spacial score (nSPS) is 17.4. The first-order chi connectivity index (χ1) is 32.6. The topological polar surface area (TPSA) is 29.5 Å². The molecule has 0 N–H and O–H groups in total. The van der Waals surface area contributed by atoms with Gasteiger partial charge in [0.15, 0.2) is 0 Å². The molecule has 10 aromatic rings. The summed E-state index contributed by atoms with van der Waals surface area (Å²) < 4.78 is 191. The number of benzene rings is 8. The van der Waals surface area contributed by atoms with Gasteiger partial charge in [0, 0.05) is 38.5 Å². The van der Waals surface area contributed by atoms with E-state index >= 15 is 0 Å². The third-order valence-electron chi connectivity index (χ3n) is 8.21. The summed E-state index contributed by atoms with van der Waals surface area (Å²) >= 11 is 0. The molecule has 0 fully saturated rings. The maximum absolute atomic E-state index is 9.68. The fourth-order valence-electron chi connectivity index (χ4n) is 6.04. The maximum Gasteiger partial charge on any atom is 0.143 e. The van der Waals surface area contributed by atoms with Crippen LogP contribution in [-0.2, 0) is 0 Å². The average Bonchev–Trinajstić information content (AvgIpc) is 3.94. The van der Waals surface area contributed by atoms with E-state index in [0.717, 1.165) is 10.3 Å². The molecular formula is C46H29NO2. The zero-order valence-electron chi connectivity index (χ0n) is 45.0. The van der Waals surface area contributed by atoms with Crippen LogP contribution in [0.3, 0.4) is 0 Å². The number of nitrogens with zero attached hydrogens (tertiary/aromatic N) is 1. The summed E-state index contributed by atoms with van der Waals surface area (Å²) in [6.07, 6.45) is 0. The molecule has 3 nitrogen and oxygen atoms in total. The molecule has 8 aromatic carbocycles. The molecule has 2 aromatic heterocycles. The highest BCUT2D eigenvalue weighted by Gasteiger charge is 2.21. The Labute approximate surface area is 311 Å². The van der Waals surface area contributed by atoms with E-state index in [2.05, 4.69) is 0 Å². The summed E-state index contributed by atoms with van der Waals surface area (Å²) in [6, 6.07) is -0.434. The summed E-state index contributed by atoms with van der Waals surface area (Å²) in [6.45, 7) is 0. The third-order valence-corrected chi connectivity index (χ3v) is 8.21. The van der Waals surface area contributed by atoms with Crippen molar-refractivity contribution in [2.45, 2.75) is 0 Å². The van der Waals surface area contributed by atoms with Crippen LogP contribution < -0.4 is 4.90 Å². The Bertz CT molecular complexity index is 3910. The largest absolute Gasteiger partial charge is 0.455 e. The summed E-state index contributed by atoms with van der Waals surface area (Å²) in [7, 11) is 0. The predicted octanol–water partition coefficient (Wildman–Crippen LogP) is 13.4. The first-order valence-electron chi connectivity index (χ1n) is 25.0. The fraction of sp³-hybridized carbons (Fsp3) is 0. The van der Waals surface area contributed by atoms with Gasteiger partial charge in [-0.3, -0.25) is 0 Å². The second-order valence-corrected chi connectivity index (χ2v) is 11.0. The molecule has 0 bridgehead atoms. The summed E-state index contributed by atoms with van der Waals surface area (Å²) in [5.74, 6) is 0. The van der Waals surface area contributed by atoms with Crippen LogP contribution in [0.25, 0.3) is 76.9 Å². The lowest BCUT2D eigenvalue weighted by atomic mass is 10.0. The van der Waals surface area contributed by atoms with Crippen molar-refractivity contribution >= 4 is 71.7 Å². The first kappa shape index (κ1) is 14.3. The van der Waals surface area contributed by atoms with E-state index in [4.69, 9.17) is 25.3 Å². The number of fused-ring (bicyclic) bond motifs is 8. The van der Waals surface area contributed by atoms with Crippen LogP contribution in [0.4, 0.5) is 17.1 Å². The fourth-order valence-corrected chi connectivity index (χ4v) is 6.04. The molecule has 3 heteroatoms. The van der Waals surface area contributed by atoms with Gasteiger partial charge in [-0.25, -0.2) is 0 Å². The molecule has 0 saturated heterocycles. The minimum Gasteiger partial charge on any atom is -0.455 e. The number of furan rings is 2. The van der Waals surface area contributed by atoms with Gasteiger partial charge in [0.05, 0.1) is 38.5 Å². The molecule has 0 atom stereocenters. The van der Waals surface area contributed by atoms with E-state index in [0.29, 0.717) is 16.4 Å². The summed E-state index contributed by atoms with van der Waals surface area (Å²) in [5.41, 5.74) is -4.09. The van der Waals surface area contributed by atoms with Crippen LogP contribution in [0, 0.1) is 0 Å². The third kappa shape index (κ3) is 4.44. The lowest BCUT2D eigenvalue weighted by molar-refractivity contribution is 0.670. The highest BCUT2D eigenvalue weighted by molar-refractivity contribution is 6.19. The van der Waals surface area contributed by atoms with E-state index in [1.807, 2.05) is 24.3 Å². The van der Waals surface area contributed by atoms with Crippen molar-refractivity contribution in [3.05, 3.63) is 175 Å². The van der Waals surface area contributed by atoms with E-state index < -0.39 is 166 Å². The predicted molar refractivity (Wildman–Crippen MR) is 204 cm³/mol. The monoisotopic (exact) mass is 647 g/mol. The van der Waals surface area contributed by atoms with E-state index in [9.17, 15) is 11.0 Å². The molecule has 230 valence electrons. The number of rotatable bonds is 5. The minimum absolute atomic E-state index is 0.0253. The van der Waals surface area contributed by atoms with Crippen molar-refractivity contribution in [3.8, 4) is 22.3 Å². The van der Waals surface area contributed by atoms with Crippen LogP contribution in [0.1, 0.15) is 27.4 Å². The standard InChI is InChI=1S/C46H29NO2/c1-2-10-30(11-3-1)31-20-25-34(26-21-31)47(41-17-9-19-43-44(41)40-29-24-32-12-4-5-13-36(32)46(40)49-43)35-27-22-33(23-28-35)37-15-8-16-39-38-14-6-7-18-42(38)48-45(37)39/h1-29H/i1D,2D,3D,6D,7D,8D,10D,11D,14D,15D,16D,18D,20D,21D,22D,23D,25D,26D,27D,28D. The van der Waals surface area contributed by atoms with Gasteiger partial charge in [0.2, 0.25) is 0 Å². The number of para-hydroxylation sites is 2. The van der Waals surface area contributed by atoms with E-state index in [1.54, 1.807) is 18.2 Å². The highest BCUT2D eigenvalue weighted by atomic mass is 16.3. The second-order valence-electron chi connectivity index (χ2n) is 11.0. The van der Waals surface area contributed by atoms with Crippen molar-refractivity contribution in [2.75, 3.05) is 4.90 Å². The van der Waals surface area contributed by atoms with Gasteiger partial charge in [0.25, 0.3) is 0 Å². The molecule has 2 heterocycles. The van der Waals surface area contributed by atoms with Crippen molar-refractivity contribution in [2.24, 2.45) is 0 Å². The van der Waals surface area contributed by atoms with Gasteiger partial charge in [0.1, 0.15) is 22.3 Å². The Kier molecular flexibility index (Phi) is 3.20. The second kappa shape index (κ2) is 11.0. The maximum atomic E-state index is 9.68. The van der Waals surface area contributed by atoms with Gasteiger partial charge in [-0.15, -0.1) is 0 Å². The first-order valence-corrected chi connectivity index (χ1v) is 15.0. The molecule has 0 aliphatic carbocycles. The Balaban J connectivity index is 1.34. The van der Waals surface area contributed by atoms with Gasteiger partial charge in [-0.2, -0.15) is 0 Å². The van der Waals surface area contributed by atoms with Crippen molar-refractivity contribution in [3.63, 3.8) is 0 Å². The Morgan fingerprint density at radius 3 is 1.96 bits per heavy atom. The number of hydrogen-bond donors (Lipinski definition) is 0. The molecule has 49 heavy (non-hydrogen) atoms. The Morgan fingerprint density at radius 2 is 1.12 bits per heavy atom. The van der Waals surface area contributed by atoms with Crippen LogP contribution in [0.5, 0.6) is 0 Å². The van der Waals surface area contributed by atoms with Crippen LogP contribution in [0.15, 0.2) is 184 Å². The molecule has 0 saturated carbocycles. The molecule has 0 unspecified atom stereocenters. The SMILES string of the molecule is [2H]c1c([2H])c([2H])c(-c2c([2H])c([2H])c(N(c3c([2H])c([2H])c(-c4c([2H])c([2H])c([2H])c5c4oc4c([2H])c([2H])c([2H])c([2H])c45)c([2H])c3[2H])c3cccc4oc5c6ccccc6ccc5c34)c([2H])c2[2H])c([2H])c1[2H]. The zero-order valence-corrected chi connectivity index (χ0v) is 25.0. The molecule has 0 aliphatic rings. The molecule has 0 spiro atoms. The molecule has 0 aliphatic heterocycles. The van der Waals surface area contributed by atoms with Gasteiger partial charge in [-0.1, -0.05) is 127 Å². The van der Waals surface area contributed by atoms with Gasteiger partial charge >= 0.3 is 0 Å². The molecular weight excluding hydrogens is 599 g/mol. The highest BCUT2D eigenvalue weighted by Crippen LogP contribution is 2.45. The van der Waals surface area contributed by atoms with Gasteiger partial charge < -0.3 is 13.7 Å². The molecule has 0 amide bonds. The van der Waals surface area contributed by atoms with E-state index in [-0.39, 0.29) is 27.4 Å². The van der Waals surface area contributed by atoms with Crippen LogP contribution >= 0.6 is 0 Å². The number of hydrogen-bond acceptors (Lipinski definition) is 3. The quantitative estimate of drug-likeness (QED) is 0.186. The summed E-state index contributed by atoms with van der Waals surface area (Å²) in [5, 5.41) is 1.57. The van der Waals surface area contributed by atoms with Crippen molar-refractivity contribution < 1.29 is 36.2 Å². The smallest absolute Gasteiger partial charge is 0.143 e. The van der Waals surface area contributed by atoms with Crippen molar-refractivity contribution in [1.82, 2.24) is 0 Å². The summed E-state index contributed by atoms with van der Waals surface area (Å²) in [4.78, 5) is 0.995. The van der Waals surface area contributed by atoms with Crippen LogP contribution in [0.2, 0.25) is 0 Å². The Hall–Kier alpha value is -6.58. The lowest BCUT2D eigenvalue weighted by Crippen LogP contribution is -2.10. The molecule has 10 rings (SSSR count). The molecule has 0 radical (unpaired) electrons. The minimum atomic E-state index is -0.887. The van der Waals surface area contributed by atoms with Crippen LogP contribution in [-0.4, -0.2) is 0 Å². The van der Waals surface area contributed by atoms with Crippen molar-refractivity contribution in [1.29, 1.82) is 0 Å².